The number of aliphatic carboxylic acids is 1. The molecule has 0 aromatic carbocycles. The molecule has 32 heavy (non-hydrogen) atoms. The van der Waals surface area contributed by atoms with Crippen LogP contribution in [0.5, 0.6) is 0 Å². The molecule has 1 saturated heterocycles. The molecule has 1 fully saturated rings. The molecule has 0 spiro atoms. The van der Waals surface area contributed by atoms with Crippen LogP contribution in [0.4, 0.5) is 9.93 Å². The van der Waals surface area contributed by atoms with Gasteiger partial charge in [0.05, 0.1) is 19.8 Å². The highest BCUT2D eigenvalue weighted by molar-refractivity contribution is 7.14. The molecular formula is C20H29N3O8S. The molecule has 0 atom stereocenters. The maximum Gasteiger partial charge on any atom is 0.413 e. The maximum atomic E-state index is 12.7. The van der Waals surface area contributed by atoms with Crippen LogP contribution in [0.25, 0.3) is 0 Å². The standard InChI is InChI=1S/C20H29N3O8S/c1-5-6-9-29-16(26)20(7-10-28-11-8-20)31-23-14(15(24)25)13-12-32-17(21-13)22-18(27)30-19(2,3)4/h12H,5-11H2,1-4H3,(H,24,25)(H,21,22,27)/b23-14-. The van der Waals surface area contributed by atoms with Crippen molar-refractivity contribution in [1.29, 1.82) is 0 Å². The van der Waals surface area contributed by atoms with Crippen LogP contribution in [-0.4, -0.2) is 64.9 Å². The molecular weight excluding hydrogens is 442 g/mol. The predicted molar refractivity (Wildman–Crippen MR) is 116 cm³/mol. The molecule has 1 aliphatic rings. The molecule has 0 saturated carbocycles. The Kier molecular flexibility index (Phi) is 8.96. The van der Waals surface area contributed by atoms with Gasteiger partial charge in [-0.15, -0.1) is 11.3 Å². The van der Waals surface area contributed by atoms with Gasteiger partial charge in [-0.3, -0.25) is 5.32 Å². The van der Waals surface area contributed by atoms with E-state index in [4.69, 9.17) is 19.0 Å². The molecule has 0 radical (unpaired) electrons. The van der Waals surface area contributed by atoms with E-state index in [1.54, 1.807) is 20.8 Å². The molecule has 178 valence electrons. The number of anilines is 1. The topological polar surface area (TPSA) is 146 Å². The zero-order chi connectivity index (χ0) is 23.8. The van der Waals surface area contributed by atoms with Gasteiger partial charge in [0.25, 0.3) is 0 Å². The quantitative estimate of drug-likeness (QED) is 0.240. The van der Waals surface area contributed by atoms with E-state index in [9.17, 15) is 19.5 Å². The summed E-state index contributed by atoms with van der Waals surface area (Å²) in [5.74, 6) is -2.01. The lowest BCUT2D eigenvalue weighted by atomic mass is 9.94. The SMILES string of the molecule is CCCCOC(=O)C1(O/N=C(\C(=O)O)c2csc(NC(=O)OC(C)(C)C)n2)CCOCC1. The third-order valence-electron chi connectivity index (χ3n) is 4.27. The lowest BCUT2D eigenvalue weighted by Crippen LogP contribution is -2.47. The van der Waals surface area contributed by atoms with Crippen LogP contribution in [0.3, 0.4) is 0 Å². The summed E-state index contributed by atoms with van der Waals surface area (Å²) < 4.78 is 15.7. The summed E-state index contributed by atoms with van der Waals surface area (Å²) >= 11 is 0.996. The number of hydrogen-bond acceptors (Lipinski definition) is 10. The van der Waals surface area contributed by atoms with Gasteiger partial charge in [-0.05, 0) is 27.2 Å². The molecule has 11 nitrogen and oxygen atoms in total. The van der Waals surface area contributed by atoms with Gasteiger partial charge in [0.1, 0.15) is 11.3 Å². The van der Waals surface area contributed by atoms with Crippen LogP contribution in [0.2, 0.25) is 0 Å². The van der Waals surface area contributed by atoms with Crippen LogP contribution in [0.15, 0.2) is 10.5 Å². The third kappa shape index (κ3) is 7.45. The molecule has 2 N–H and O–H groups in total. The Hall–Kier alpha value is -2.73. The fourth-order valence-corrected chi connectivity index (χ4v) is 3.31. The Labute approximate surface area is 190 Å². The first-order valence-electron chi connectivity index (χ1n) is 10.3. The third-order valence-corrected chi connectivity index (χ3v) is 5.03. The van der Waals surface area contributed by atoms with E-state index >= 15 is 0 Å². The summed E-state index contributed by atoms with van der Waals surface area (Å²) in [6.45, 7) is 7.85. The van der Waals surface area contributed by atoms with E-state index < -0.39 is 34.9 Å². The van der Waals surface area contributed by atoms with E-state index in [1.807, 2.05) is 6.92 Å². The van der Waals surface area contributed by atoms with Crippen molar-refractivity contribution in [3.8, 4) is 0 Å². The Bertz CT molecular complexity index is 840. The smallest absolute Gasteiger partial charge is 0.413 e. The summed E-state index contributed by atoms with van der Waals surface area (Å²) in [6.07, 6.45) is 1.19. The number of ether oxygens (including phenoxy) is 3. The van der Waals surface area contributed by atoms with Crippen molar-refractivity contribution >= 4 is 40.2 Å². The first kappa shape index (κ1) is 25.5. The molecule has 0 aliphatic carbocycles. The Morgan fingerprint density at radius 2 is 2.00 bits per heavy atom. The number of amides is 1. The van der Waals surface area contributed by atoms with E-state index in [0.717, 1.165) is 17.8 Å². The van der Waals surface area contributed by atoms with Gasteiger partial charge in [-0.2, -0.15) is 0 Å². The van der Waals surface area contributed by atoms with Crippen molar-refractivity contribution in [1.82, 2.24) is 4.98 Å². The number of rotatable bonds is 9. The monoisotopic (exact) mass is 471 g/mol. The minimum atomic E-state index is -1.43. The van der Waals surface area contributed by atoms with Crippen molar-refractivity contribution in [2.24, 2.45) is 5.16 Å². The molecule has 2 heterocycles. The first-order chi connectivity index (χ1) is 15.1. The van der Waals surface area contributed by atoms with Crippen LogP contribution in [-0.2, 0) is 28.6 Å². The summed E-state index contributed by atoms with van der Waals surface area (Å²) in [6, 6.07) is 0. The second-order valence-electron chi connectivity index (χ2n) is 8.10. The largest absolute Gasteiger partial charge is 0.476 e. The summed E-state index contributed by atoms with van der Waals surface area (Å²) in [4.78, 5) is 45.9. The van der Waals surface area contributed by atoms with Crippen LogP contribution >= 0.6 is 11.3 Å². The highest BCUT2D eigenvalue weighted by Crippen LogP contribution is 2.28. The minimum absolute atomic E-state index is 0.0323. The van der Waals surface area contributed by atoms with Crippen molar-refractivity contribution in [3.63, 3.8) is 0 Å². The number of aromatic nitrogens is 1. The number of oxime groups is 1. The van der Waals surface area contributed by atoms with E-state index in [2.05, 4.69) is 15.5 Å². The lowest BCUT2D eigenvalue weighted by Gasteiger charge is -2.32. The van der Waals surface area contributed by atoms with E-state index in [0.29, 0.717) is 6.42 Å². The highest BCUT2D eigenvalue weighted by atomic mass is 32.1. The van der Waals surface area contributed by atoms with Crippen molar-refractivity contribution in [3.05, 3.63) is 11.1 Å². The summed E-state index contributed by atoms with van der Waals surface area (Å²) in [5, 5.41) is 17.3. The number of carboxylic acid groups (broad SMARTS) is 1. The Morgan fingerprint density at radius 1 is 1.31 bits per heavy atom. The average Bonchev–Trinajstić information content (AvgIpc) is 3.15. The Balaban J connectivity index is 2.17. The highest BCUT2D eigenvalue weighted by Gasteiger charge is 2.45. The average molecular weight is 472 g/mol. The maximum absolute atomic E-state index is 12.7. The van der Waals surface area contributed by atoms with Gasteiger partial charge >= 0.3 is 18.0 Å². The number of carboxylic acids is 1. The minimum Gasteiger partial charge on any atom is -0.476 e. The molecule has 0 bridgehead atoms. The molecule has 1 amide bonds. The van der Waals surface area contributed by atoms with Crippen LogP contribution in [0, 0.1) is 0 Å². The van der Waals surface area contributed by atoms with Crippen molar-refractivity contribution in [2.75, 3.05) is 25.1 Å². The van der Waals surface area contributed by atoms with Gasteiger partial charge in [0.2, 0.25) is 11.3 Å². The number of unbranched alkanes of at least 4 members (excludes halogenated alkanes) is 1. The van der Waals surface area contributed by atoms with Crippen LogP contribution in [0.1, 0.15) is 59.1 Å². The van der Waals surface area contributed by atoms with Gasteiger partial charge in [-0.1, -0.05) is 18.5 Å². The number of thiazole rings is 1. The zero-order valence-corrected chi connectivity index (χ0v) is 19.5. The lowest BCUT2D eigenvalue weighted by molar-refractivity contribution is -0.185. The zero-order valence-electron chi connectivity index (χ0n) is 18.6. The molecule has 1 aromatic rings. The number of hydrogen-bond donors (Lipinski definition) is 2. The van der Waals surface area contributed by atoms with Gasteiger partial charge in [0, 0.05) is 18.2 Å². The molecule has 1 aromatic heterocycles. The summed E-state index contributed by atoms with van der Waals surface area (Å²) in [7, 11) is 0. The van der Waals surface area contributed by atoms with E-state index in [1.165, 1.54) is 5.38 Å². The molecule has 1 aliphatic heterocycles. The number of nitrogens with one attached hydrogen (secondary N) is 1. The number of esters is 1. The second kappa shape index (κ2) is 11.2. The van der Waals surface area contributed by atoms with Crippen molar-refractivity contribution < 1.29 is 38.5 Å². The molecule has 2 rings (SSSR count). The van der Waals surface area contributed by atoms with Crippen molar-refractivity contribution in [2.45, 2.75) is 64.6 Å². The van der Waals surface area contributed by atoms with Crippen LogP contribution < -0.4 is 5.32 Å². The number of carbonyl (C=O) groups is 3. The molecule has 12 heteroatoms. The Morgan fingerprint density at radius 3 is 2.59 bits per heavy atom. The van der Waals surface area contributed by atoms with Gasteiger partial charge in [0.15, 0.2) is 5.13 Å². The fourth-order valence-electron chi connectivity index (χ4n) is 2.63. The molecule has 0 unspecified atom stereocenters. The first-order valence-corrected chi connectivity index (χ1v) is 11.1. The second-order valence-corrected chi connectivity index (χ2v) is 8.96. The fraction of sp³-hybridized carbons (Fsp3) is 0.650. The van der Waals surface area contributed by atoms with Gasteiger partial charge in [-0.25, -0.2) is 19.4 Å². The number of carbonyl (C=O) groups excluding carboxylic acids is 2. The van der Waals surface area contributed by atoms with E-state index in [-0.39, 0.29) is 43.5 Å². The number of nitrogens with zero attached hydrogens (tertiary/aromatic N) is 2. The summed E-state index contributed by atoms with van der Waals surface area (Å²) in [5.41, 5.74) is -2.67. The van der Waals surface area contributed by atoms with Gasteiger partial charge < -0.3 is 24.2 Å². The normalized spacial score (nSPS) is 16.2. The predicted octanol–water partition coefficient (Wildman–Crippen LogP) is 3.19.